The molecule has 174 valence electrons. The highest BCUT2D eigenvalue weighted by molar-refractivity contribution is 5.78. The Labute approximate surface area is 181 Å². The lowest BCUT2D eigenvalue weighted by Gasteiger charge is -2.30. The molecule has 0 aliphatic carbocycles. The second-order valence-corrected chi connectivity index (χ2v) is 8.84. The largest absolute Gasteiger partial charge is 0.444 e. The van der Waals surface area contributed by atoms with Gasteiger partial charge in [0, 0.05) is 37.7 Å². The maximum atomic E-state index is 14.2. The summed E-state index contributed by atoms with van der Waals surface area (Å²) in [6, 6.07) is 0.416. The maximum Gasteiger partial charge on any atom is 0.407 e. The molecule has 0 saturated carbocycles. The molecule has 2 N–H and O–H groups in total. The lowest BCUT2D eigenvalue weighted by atomic mass is 10.0. The maximum absolute atomic E-state index is 14.2. The van der Waals surface area contributed by atoms with E-state index < -0.39 is 35.2 Å². The van der Waals surface area contributed by atoms with E-state index in [2.05, 4.69) is 10.6 Å². The van der Waals surface area contributed by atoms with Crippen molar-refractivity contribution >= 4 is 12.0 Å². The Kier molecular flexibility index (Phi) is 8.73. The molecule has 2 atom stereocenters. The number of carbonyl (C=O) groups is 2. The number of hydrogen-bond donors (Lipinski definition) is 2. The van der Waals surface area contributed by atoms with Gasteiger partial charge < -0.3 is 20.3 Å². The Morgan fingerprint density at radius 1 is 1.23 bits per heavy atom. The van der Waals surface area contributed by atoms with Gasteiger partial charge in [-0.2, -0.15) is 0 Å². The zero-order valence-electron chi connectivity index (χ0n) is 18.6. The molecule has 1 aliphatic rings. The van der Waals surface area contributed by atoms with Gasteiger partial charge in [-0.3, -0.25) is 4.79 Å². The molecule has 2 rings (SSSR count). The number of hydrogen-bond acceptors (Lipinski definition) is 4. The van der Waals surface area contributed by atoms with Gasteiger partial charge in [0.25, 0.3) is 0 Å². The van der Waals surface area contributed by atoms with Crippen LogP contribution in [0.2, 0.25) is 0 Å². The third kappa shape index (κ3) is 7.72. The highest BCUT2D eigenvalue weighted by atomic mass is 19.2. The SMILES string of the molecule is CCCN(C(=O)CC(Cc1cc(F)c(F)cc1F)NC(=O)OC(C)(C)C)C1CCNC1. The monoisotopic (exact) mass is 443 g/mol. The number of benzene rings is 1. The van der Waals surface area contributed by atoms with E-state index in [9.17, 15) is 22.8 Å². The van der Waals surface area contributed by atoms with Crippen molar-refractivity contribution < 1.29 is 27.5 Å². The van der Waals surface area contributed by atoms with Crippen molar-refractivity contribution in [3.8, 4) is 0 Å². The van der Waals surface area contributed by atoms with Gasteiger partial charge in [0.15, 0.2) is 11.6 Å². The van der Waals surface area contributed by atoms with Crippen molar-refractivity contribution in [3.05, 3.63) is 35.1 Å². The van der Waals surface area contributed by atoms with E-state index >= 15 is 0 Å². The lowest BCUT2D eigenvalue weighted by Crippen LogP contribution is -2.47. The van der Waals surface area contributed by atoms with Crippen LogP contribution < -0.4 is 10.6 Å². The summed E-state index contributed by atoms with van der Waals surface area (Å²) in [5.41, 5.74) is -0.896. The standard InChI is InChI=1S/C22H32F3N3O3/c1-5-8-28(16-6-7-26-13-16)20(29)11-15(27-21(30)31-22(2,3)4)9-14-10-18(24)19(25)12-17(14)23/h10,12,15-16,26H,5-9,11,13H2,1-4H3,(H,27,30). The van der Waals surface area contributed by atoms with Crippen molar-refractivity contribution in [2.45, 2.75) is 71.1 Å². The molecule has 0 aromatic heterocycles. The summed E-state index contributed by atoms with van der Waals surface area (Å²) in [6.45, 7) is 9.11. The minimum absolute atomic E-state index is 0.0506. The number of halogens is 3. The van der Waals surface area contributed by atoms with E-state index in [1.165, 1.54) is 0 Å². The molecular weight excluding hydrogens is 411 g/mol. The fraction of sp³-hybridized carbons (Fsp3) is 0.636. The number of carbonyl (C=O) groups excluding carboxylic acids is 2. The molecule has 1 saturated heterocycles. The van der Waals surface area contributed by atoms with Gasteiger partial charge in [0.1, 0.15) is 11.4 Å². The molecule has 1 heterocycles. The number of nitrogens with one attached hydrogen (secondary N) is 2. The summed E-state index contributed by atoms with van der Waals surface area (Å²) in [4.78, 5) is 27.1. The molecule has 1 fully saturated rings. The minimum atomic E-state index is -1.29. The van der Waals surface area contributed by atoms with Crippen molar-refractivity contribution in [1.29, 1.82) is 0 Å². The topological polar surface area (TPSA) is 70.7 Å². The highest BCUT2D eigenvalue weighted by Crippen LogP contribution is 2.19. The molecular formula is C22H32F3N3O3. The number of rotatable bonds is 8. The Balaban J connectivity index is 2.20. The van der Waals surface area contributed by atoms with Gasteiger partial charge in [-0.25, -0.2) is 18.0 Å². The zero-order chi connectivity index (χ0) is 23.2. The summed E-state index contributed by atoms with van der Waals surface area (Å²) in [7, 11) is 0. The van der Waals surface area contributed by atoms with Gasteiger partial charge in [0.2, 0.25) is 5.91 Å². The van der Waals surface area contributed by atoms with Crippen LogP contribution >= 0.6 is 0 Å². The van der Waals surface area contributed by atoms with Crippen LogP contribution in [0, 0.1) is 17.5 Å². The van der Waals surface area contributed by atoms with Crippen molar-refractivity contribution in [2.75, 3.05) is 19.6 Å². The van der Waals surface area contributed by atoms with Crippen LogP contribution in [0.15, 0.2) is 12.1 Å². The van der Waals surface area contributed by atoms with Crippen molar-refractivity contribution in [2.24, 2.45) is 0 Å². The number of amides is 2. The van der Waals surface area contributed by atoms with Crippen molar-refractivity contribution in [1.82, 2.24) is 15.5 Å². The molecule has 1 aromatic carbocycles. The summed E-state index contributed by atoms with van der Waals surface area (Å²) in [6.07, 6.45) is 0.529. The van der Waals surface area contributed by atoms with Crippen LogP contribution in [-0.4, -0.2) is 54.2 Å². The fourth-order valence-electron chi connectivity index (χ4n) is 3.62. The second kappa shape index (κ2) is 10.8. The van der Waals surface area contributed by atoms with Crippen LogP contribution in [-0.2, 0) is 16.0 Å². The normalized spacial score (nSPS) is 17.3. The van der Waals surface area contributed by atoms with Gasteiger partial charge in [-0.05, 0) is 58.2 Å². The first-order chi connectivity index (χ1) is 14.5. The number of alkyl carbamates (subject to hydrolysis) is 1. The van der Waals surface area contributed by atoms with Gasteiger partial charge in [-0.15, -0.1) is 0 Å². The summed E-state index contributed by atoms with van der Waals surface area (Å²) in [5.74, 6) is -3.62. The summed E-state index contributed by atoms with van der Waals surface area (Å²) in [5, 5.41) is 5.82. The smallest absolute Gasteiger partial charge is 0.407 e. The quantitative estimate of drug-likeness (QED) is 0.603. The second-order valence-electron chi connectivity index (χ2n) is 8.84. The lowest BCUT2D eigenvalue weighted by molar-refractivity contribution is -0.133. The molecule has 2 unspecified atom stereocenters. The van der Waals surface area contributed by atoms with Crippen LogP contribution in [0.25, 0.3) is 0 Å². The average Bonchev–Trinajstić information content (AvgIpc) is 3.16. The molecule has 0 spiro atoms. The predicted molar refractivity (Wildman–Crippen MR) is 111 cm³/mol. The van der Waals surface area contributed by atoms with Gasteiger partial charge >= 0.3 is 6.09 Å². The molecule has 0 radical (unpaired) electrons. The first-order valence-corrected chi connectivity index (χ1v) is 10.6. The van der Waals surface area contributed by atoms with Crippen LogP contribution in [0.4, 0.5) is 18.0 Å². The molecule has 2 amide bonds. The predicted octanol–water partition coefficient (Wildman–Crippen LogP) is 3.53. The van der Waals surface area contributed by atoms with E-state index in [4.69, 9.17) is 4.74 Å². The highest BCUT2D eigenvalue weighted by Gasteiger charge is 2.29. The molecule has 1 aromatic rings. The Morgan fingerprint density at radius 2 is 1.90 bits per heavy atom. The summed E-state index contributed by atoms with van der Waals surface area (Å²) < 4.78 is 46.4. The first-order valence-electron chi connectivity index (χ1n) is 10.6. The Morgan fingerprint density at radius 3 is 2.48 bits per heavy atom. The Bertz CT molecular complexity index is 777. The Hall–Kier alpha value is -2.29. The van der Waals surface area contributed by atoms with Gasteiger partial charge in [0.05, 0.1) is 0 Å². The first kappa shape index (κ1) is 25.0. The average molecular weight is 444 g/mol. The fourth-order valence-corrected chi connectivity index (χ4v) is 3.62. The van der Waals surface area contributed by atoms with E-state index in [0.29, 0.717) is 19.2 Å². The number of ether oxygens (including phenoxy) is 1. The van der Waals surface area contributed by atoms with E-state index in [1.807, 2.05) is 6.92 Å². The van der Waals surface area contributed by atoms with E-state index in [0.717, 1.165) is 25.5 Å². The minimum Gasteiger partial charge on any atom is -0.444 e. The van der Waals surface area contributed by atoms with Crippen LogP contribution in [0.1, 0.15) is 52.5 Å². The number of nitrogens with zero attached hydrogens (tertiary/aromatic N) is 1. The third-order valence-corrected chi connectivity index (χ3v) is 4.96. The molecule has 6 nitrogen and oxygen atoms in total. The van der Waals surface area contributed by atoms with E-state index in [-0.39, 0.29) is 30.4 Å². The molecule has 0 bridgehead atoms. The van der Waals surface area contributed by atoms with E-state index in [1.54, 1.807) is 25.7 Å². The van der Waals surface area contributed by atoms with Crippen molar-refractivity contribution in [3.63, 3.8) is 0 Å². The van der Waals surface area contributed by atoms with Crippen LogP contribution in [0.5, 0.6) is 0 Å². The third-order valence-electron chi connectivity index (χ3n) is 4.96. The molecule has 9 heteroatoms. The van der Waals surface area contributed by atoms with Gasteiger partial charge in [-0.1, -0.05) is 6.92 Å². The summed E-state index contributed by atoms with van der Waals surface area (Å²) >= 11 is 0. The molecule has 1 aliphatic heterocycles. The zero-order valence-corrected chi connectivity index (χ0v) is 18.6. The molecule has 31 heavy (non-hydrogen) atoms. The van der Waals surface area contributed by atoms with Crippen LogP contribution in [0.3, 0.4) is 0 Å².